The molecule has 0 amide bonds. The van der Waals surface area contributed by atoms with Gasteiger partial charge in [-0.05, 0) is 45.1 Å². The van der Waals surface area contributed by atoms with Crippen LogP contribution in [0.15, 0.2) is 81.7 Å². The molecule has 0 spiro atoms. The van der Waals surface area contributed by atoms with Gasteiger partial charge in [0.25, 0.3) is 0 Å². The molecule has 2 heterocycles. The molecule has 1 unspecified atom stereocenters. The highest BCUT2D eigenvalue weighted by molar-refractivity contribution is 9.10. The zero-order chi connectivity index (χ0) is 15.6. The molecule has 0 saturated carbocycles. The number of rotatable bonds is 3. The Hall–Kier alpha value is -1.91. The Morgan fingerprint density at radius 3 is 2.48 bits per heavy atom. The van der Waals surface area contributed by atoms with Gasteiger partial charge >= 0.3 is 0 Å². The normalized spacial score (nSPS) is 17.3. The molecular weight excluding hydrogens is 368 g/mol. The van der Waals surface area contributed by atoms with Crippen LogP contribution in [0.3, 0.4) is 0 Å². The molecule has 2 nitrogen and oxygen atoms in total. The molecule has 0 fully saturated rings. The molecule has 1 aliphatic heterocycles. The van der Waals surface area contributed by atoms with Gasteiger partial charge in [0.2, 0.25) is 0 Å². The Morgan fingerprint density at radius 1 is 0.957 bits per heavy atom. The Morgan fingerprint density at radius 2 is 1.74 bits per heavy atom. The van der Waals surface area contributed by atoms with Crippen LogP contribution in [-0.4, -0.2) is 5.71 Å². The molecule has 1 aromatic heterocycles. The fraction of sp³-hybridized carbons (Fsp3) is 0.105. The van der Waals surface area contributed by atoms with E-state index in [0.717, 1.165) is 22.3 Å². The highest BCUT2D eigenvalue weighted by atomic mass is 79.9. The van der Waals surface area contributed by atoms with Crippen LogP contribution in [0.4, 0.5) is 5.69 Å². The third kappa shape index (κ3) is 2.84. The van der Waals surface area contributed by atoms with Crippen LogP contribution >= 0.6 is 27.3 Å². The number of nitrogens with zero attached hydrogens (tertiary/aromatic N) is 2. The summed E-state index contributed by atoms with van der Waals surface area (Å²) in [6.07, 6.45) is 0.922. The van der Waals surface area contributed by atoms with E-state index in [1.807, 2.05) is 6.07 Å². The Bertz CT molecular complexity index is 828. The van der Waals surface area contributed by atoms with Crippen molar-refractivity contribution in [1.82, 2.24) is 0 Å². The van der Waals surface area contributed by atoms with Crippen LogP contribution in [-0.2, 0) is 0 Å². The molecule has 4 rings (SSSR count). The SMILES string of the molecule is Brc1ccccc1N1N=C(c2cccs2)CC1c1ccccc1. The first-order chi connectivity index (χ1) is 11.3. The fourth-order valence-electron chi connectivity index (χ4n) is 2.90. The minimum atomic E-state index is 0.229. The average molecular weight is 383 g/mol. The van der Waals surface area contributed by atoms with Crippen LogP contribution in [0.5, 0.6) is 0 Å². The van der Waals surface area contributed by atoms with Crippen molar-refractivity contribution in [2.24, 2.45) is 5.10 Å². The standard InChI is InChI=1S/C19H15BrN2S/c20-15-9-4-5-10-17(15)22-18(14-7-2-1-3-8-14)13-16(21-22)19-11-6-12-23-19/h1-12,18H,13H2. The Balaban J connectivity index is 1.79. The average Bonchev–Trinajstić information content (AvgIpc) is 3.26. The summed E-state index contributed by atoms with van der Waals surface area (Å²) >= 11 is 5.42. The van der Waals surface area contributed by atoms with E-state index in [2.05, 4.69) is 87.0 Å². The minimum absolute atomic E-state index is 0.229. The van der Waals surface area contributed by atoms with Crippen LogP contribution < -0.4 is 5.01 Å². The van der Waals surface area contributed by atoms with E-state index in [0.29, 0.717) is 0 Å². The van der Waals surface area contributed by atoms with Crippen molar-refractivity contribution in [2.45, 2.75) is 12.5 Å². The van der Waals surface area contributed by atoms with Crippen molar-refractivity contribution in [3.63, 3.8) is 0 Å². The summed E-state index contributed by atoms with van der Waals surface area (Å²) in [6, 6.07) is 23.3. The van der Waals surface area contributed by atoms with Gasteiger partial charge in [-0.15, -0.1) is 11.3 Å². The molecule has 0 bridgehead atoms. The predicted molar refractivity (Wildman–Crippen MR) is 101 cm³/mol. The summed E-state index contributed by atoms with van der Waals surface area (Å²) in [6.45, 7) is 0. The third-order valence-electron chi connectivity index (χ3n) is 4.00. The Labute approximate surface area is 148 Å². The quantitative estimate of drug-likeness (QED) is 0.553. The molecule has 2 aromatic carbocycles. The lowest BCUT2D eigenvalue weighted by Crippen LogP contribution is -2.18. The van der Waals surface area contributed by atoms with Gasteiger partial charge in [-0.1, -0.05) is 48.5 Å². The summed E-state index contributed by atoms with van der Waals surface area (Å²) in [5.74, 6) is 0. The number of hydrogen-bond acceptors (Lipinski definition) is 3. The van der Waals surface area contributed by atoms with Crippen LogP contribution in [0.1, 0.15) is 22.9 Å². The second-order valence-corrected chi connectivity index (χ2v) is 7.25. The largest absolute Gasteiger partial charge is 0.256 e. The van der Waals surface area contributed by atoms with E-state index in [1.54, 1.807) is 11.3 Å². The second kappa shape index (κ2) is 6.30. The van der Waals surface area contributed by atoms with Gasteiger partial charge in [-0.3, -0.25) is 5.01 Å². The maximum Gasteiger partial charge on any atom is 0.0832 e. The number of benzene rings is 2. The number of hydrogen-bond donors (Lipinski definition) is 0. The van der Waals surface area contributed by atoms with E-state index in [1.165, 1.54) is 10.4 Å². The highest BCUT2D eigenvalue weighted by Gasteiger charge is 2.30. The molecule has 1 aliphatic rings. The van der Waals surface area contributed by atoms with Crippen molar-refractivity contribution in [1.29, 1.82) is 0 Å². The highest BCUT2D eigenvalue weighted by Crippen LogP contribution is 2.40. The van der Waals surface area contributed by atoms with Crippen LogP contribution in [0, 0.1) is 0 Å². The summed E-state index contributed by atoms with van der Waals surface area (Å²) in [5.41, 5.74) is 3.55. The van der Waals surface area contributed by atoms with E-state index >= 15 is 0 Å². The van der Waals surface area contributed by atoms with E-state index in [-0.39, 0.29) is 6.04 Å². The zero-order valence-corrected chi connectivity index (χ0v) is 14.8. The molecular formula is C19H15BrN2S. The molecule has 3 aromatic rings. The van der Waals surface area contributed by atoms with E-state index in [9.17, 15) is 0 Å². The zero-order valence-electron chi connectivity index (χ0n) is 12.4. The summed E-state index contributed by atoms with van der Waals surface area (Å²) in [4.78, 5) is 1.25. The first-order valence-electron chi connectivity index (χ1n) is 7.53. The lowest BCUT2D eigenvalue weighted by molar-refractivity contribution is 0.707. The lowest BCUT2D eigenvalue weighted by atomic mass is 10.0. The fourth-order valence-corrected chi connectivity index (χ4v) is 4.08. The summed E-state index contributed by atoms with van der Waals surface area (Å²) < 4.78 is 1.07. The molecule has 4 heteroatoms. The van der Waals surface area contributed by atoms with Gasteiger partial charge in [-0.25, -0.2) is 0 Å². The van der Waals surface area contributed by atoms with Gasteiger partial charge < -0.3 is 0 Å². The number of para-hydroxylation sites is 1. The van der Waals surface area contributed by atoms with Crippen molar-refractivity contribution in [3.05, 3.63) is 87.0 Å². The summed E-state index contributed by atoms with van der Waals surface area (Å²) in [5, 5.41) is 9.20. The third-order valence-corrected chi connectivity index (χ3v) is 5.59. The molecule has 0 N–H and O–H groups in total. The number of thiophene rings is 1. The molecule has 0 aliphatic carbocycles. The number of anilines is 1. The molecule has 23 heavy (non-hydrogen) atoms. The van der Waals surface area contributed by atoms with Crippen molar-refractivity contribution < 1.29 is 0 Å². The maximum absolute atomic E-state index is 4.95. The summed E-state index contributed by atoms with van der Waals surface area (Å²) in [7, 11) is 0. The molecule has 0 saturated heterocycles. The lowest BCUT2D eigenvalue weighted by Gasteiger charge is -2.24. The van der Waals surface area contributed by atoms with Crippen molar-refractivity contribution >= 4 is 38.7 Å². The number of hydrazone groups is 1. The topological polar surface area (TPSA) is 15.6 Å². The van der Waals surface area contributed by atoms with Crippen molar-refractivity contribution in [3.8, 4) is 0 Å². The van der Waals surface area contributed by atoms with E-state index < -0.39 is 0 Å². The molecule has 1 atom stereocenters. The second-order valence-electron chi connectivity index (χ2n) is 5.45. The van der Waals surface area contributed by atoms with Gasteiger partial charge in [0.05, 0.1) is 22.3 Å². The molecule has 0 radical (unpaired) electrons. The molecule has 114 valence electrons. The van der Waals surface area contributed by atoms with Gasteiger partial charge in [0.1, 0.15) is 0 Å². The first-order valence-corrected chi connectivity index (χ1v) is 9.20. The van der Waals surface area contributed by atoms with Gasteiger partial charge in [-0.2, -0.15) is 5.10 Å². The maximum atomic E-state index is 4.95. The first kappa shape index (κ1) is 14.7. The van der Waals surface area contributed by atoms with Crippen LogP contribution in [0.2, 0.25) is 0 Å². The van der Waals surface area contributed by atoms with Crippen molar-refractivity contribution in [2.75, 3.05) is 5.01 Å². The van der Waals surface area contributed by atoms with E-state index in [4.69, 9.17) is 5.10 Å². The smallest absolute Gasteiger partial charge is 0.0832 e. The van der Waals surface area contributed by atoms with Gasteiger partial charge in [0.15, 0.2) is 0 Å². The van der Waals surface area contributed by atoms with Gasteiger partial charge in [0, 0.05) is 10.9 Å². The van der Waals surface area contributed by atoms with Crippen LogP contribution in [0.25, 0.3) is 0 Å². The number of halogens is 1. The minimum Gasteiger partial charge on any atom is -0.256 e. The Kier molecular flexibility index (Phi) is 4.02. The monoisotopic (exact) mass is 382 g/mol. The predicted octanol–water partition coefficient (Wildman–Crippen LogP) is 5.87.